The minimum absolute atomic E-state index is 0.0209. The van der Waals surface area contributed by atoms with Crippen LogP contribution in [0.2, 0.25) is 0 Å². The summed E-state index contributed by atoms with van der Waals surface area (Å²) in [4.78, 5) is 72.8. The van der Waals surface area contributed by atoms with Gasteiger partial charge >= 0.3 is 5.97 Å². The van der Waals surface area contributed by atoms with Gasteiger partial charge in [-0.15, -0.1) is 0 Å². The Morgan fingerprint density at radius 2 is 1.57 bits per heavy atom. The second kappa shape index (κ2) is 22.6. The molecule has 14 heteroatoms. The van der Waals surface area contributed by atoms with Gasteiger partial charge in [0.25, 0.3) is 11.7 Å². The van der Waals surface area contributed by atoms with Crippen LogP contribution in [0.25, 0.3) is 0 Å². The van der Waals surface area contributed by atoms with E-state index in [0.717, 1.165) is 5.57 Å². The van der Waals surface area contributed by atoms with Gasteiger partial charge in [0, 0.05) is 64.4 Å². The van der Waals surface area contributed by atoms with Crippen LogP contribution in [-0.4, -0.2) is 131 Å². The van der Waals surface area contributed by atoms with Gasteiger partial charge < -0.3 is 43.9 Å². The standard InChI is InChI=1S/C51H77NO13/c1-29-15-12-11-13-16-30(2)41(61-8)27-36-20-18-34(6)51(60,65-36)47(57)48(58)52-22-14-17-38-37(25-35-19-21-39(53)43(26-35)62-9)42(64-49(59)50(38,52)7)28-40(54)31(3)24-33(5)45(56)46(63-10)44(55)32(4)23-29/h11-13,15-16,24,29,31-32,34-39,41-43,45-46,53,56,60H,14,17-23,25-28H2,1-10H3/b13-11+,15-12+,30-16?,33-24+/t29?,31?,32-,34-,35+,36+,37?,38-,39-,41+,42+,43-,45-,46+,50+,51-/m1/s1. The molecule has 3 saturated heterocycles. The molecule has 1 amide bonds. The molecule has 4 bridgehead atoms. The Balaban J connectivity index is 1.53. The fourth-order valence-electron chi connectivity index (χ4n) is 11.3. The monoisotopic (exact) mass is 912 g/mol. The van der Waals surface area contributed by atoms with Crippen molar-refractivity contribution >= 4 is 29.2 Å². The van der Waals surface area contributed by atoms with E-state index in [-0.39, 0.29) is 36.4 Å². The van der Waals surface area contributed by atoms with Crippen LogP contribution in [0.4, 0.5) is 0 Å². The summed E-state index contributed by atoms with van der Waals surface area (Å²) < 4.78 is 29.6. The summed E-state index contributed by atoms with van der Waals surface area (Å²) in [5, 5.41) is 34.2. The molecule has 1 aliphatic carbocycles. The number of ketones is 3. The van der Waals surface area contributed by atoms with Crippen molar-refractivity contribution in [1.82, 2.24) is 4.90 Å². The zero-order chi connectivity index (χ0) is 48.0. The second-order valence-corrected chi connectivity index (χ2v) is 20.1. The summed E-state index contributed by atoms with van der Waals surface area (Å²) in [5.74, 6) is -8.62. The third-order valence-electron chi connectivity index (χ3n) is 15.5. The molecule has 4 aliphatic heterocycles. The lowest BCUT2D eigenvalue weighted by molar-refractivity contribution is -0.266. The Morgan fingerprint density at radius 1 is 0.846 bits per heavy atom. The molecule has 5 aliphatic rings. The number of piperidine rings is 1. The first-order chi connectivity index (χ1) is 30.7. The third kappa shape index (κ3) is 11.7. The van der Waals surface area contributed by atoms with Crippen LogP contribution in [0.5, 0.6) is 0 Å². The van der Waals surface area contributed by atoms with Gasteiger partial charge in [0.1, 0.15) is 29.6 Å². The Kier molecular flexibility index (Phi) is 18.3. The van der Waals surface area contributed by atoms with E-state index in [9.17, 15) is 39.3 Å². The molecule has 14 nitrogen and oxygen atoms in total. The van der Waals surface area contributed by atoms with Gasteiger partial charge in [0.2, 0.25) is 5.79 Å². The van der Waals surface area contributed by atoms with Crippen LogP contribution in [-0.2, 0) is 47.7 Å². The fourth-order valence-corrected chi connectivity index (χ4v) is 11.3. The van der Waals surface area contributed by atoms with Crippen LogP contribution in [0, 0.1) is 41.4 Å². The van der Waals surface area contributed by atoms with E-state index in [1.807, 2.05) is 51.2 Å². The van der Waals surface area contributed by atoms with Crippen molar-refractivity contribution in [1.29, 1.82) is 0 Å². The molecular weight excluding hydrogens is 835 g/mol. The number of allylic oxidation sites excluding steroid dienone is 6. The highest BCUT2D eigenvalue weighted by molar-refractivity contribution is 6.39. The first-order valence-electron chi connectivity index (χ1n) is 23.9. The molecule has 0 spiro atoms. The zero-order valence-corrected chi connectivity index (χ0v) is 40.4. The smallest absolute Gasteiger partial charge is 0.332 e. The summed E-state index contributed by atoms with van der Waals surface area (Å²) >= 11 is 0. The summed E-state index contributed by atoms with van der Waals surface area (Å²) in [7, 11) is 4.53. The number of aliphatic hydroxyl groups is 3. The quantitative estimate of drug-likeness (QED) is 0.171. The van der Waals surface area contributed by atoms with Crippen molar-refractivity contribution in [2.45, 2.75) is 173 Å². The number of amides is 1. The van der Waals surface area contributed by atoms with Gasteiger partial charge in [-0.1, -0.05) is 64.2 Å². The maximum atomic E-state index is 14.6. The predicted octanol–water partition coefficient (Wildman–Crippen LogP) is 5.79. The molecule has 3 N–H and O–H groups in total. The summed E-state index contributed by atoms with van der Waals surface area (Å²) in [6.07, 6.45) is 10.6. The average Bonchev–Trinajstić information content (AvgIpc) is 3.27. The molecule has 4 fully saturated rings. The highest BCUT2D eigenvalue weighted by atomic mass is 16.6. The van der Waals surface area contributed by atoms with Crippen LogP contribution in [0.3, 0.4) is 0 Å². The number of fused-ring (bicyclic) bond motifs is 4. The number of methoxy groups -OCH3 is 3. The van der Waals surface area contributed by atoms with Gasteiger partial charge in [0.05, 0.1) is 24.4 Å². The topological polar surface area (TPSA) is 195 Å². The van der Waals surface area contributed by atoms with Gasteiger partial charge in [0.15, 0.2) is 5.78 Å². The molecule has 16 atom stereocenters. The lowest BCUT2D eigenvalue weighted by Crippen LogP contribution is -2.71. The molecule has 0 aromatic carbocycles. The zero-order valence-electron chi connectivity index (χ0n) is 40.4. The predicted molar refractivity (Wildman–Crippen MR) is 243 cm³/mol. The van der Waals surface area contributed by atoms with Crippen LogP contribution in [0.15, 0.2) is 47.6 Å². The van der Waals surface area contributed by atoms with E-state index in [4.69, 9.17) is 23.7 Å². The number of nitrogens with zero attached hydrogens (tertiary/aromatic N) is 1. The highest BCUT2D eigenvalue weighted by Crippen LogP contribution is 2.50. The van der Waals surface area contributed by atoms with Crippen LogP contribution in [0.1, 0.15) is 119 Å². The SMILES string of the molecule is CO[C@H]1C[C@@H]2CC[C@@H](C)[C@@](O)(O2)C(=O)C(=O)N2CCC[C@@H]3C(C[C@@H]4CC[C@@H](O)[C@H](OC)C4)[C@H](CC(=O)C(C)/C=C(\C)[C@@H](O)[C@@H](OC)C(=O)[C@H](C)CC(C)/C=C/C=C/C=C1C)OC(=O)[C@]32C. The highest BCUT2D eigenvalue weighted by Gasteiger charge is 2.62. The van der Waals surface area contributed by atoms with E-state index >= 15 is 0 Å². The number of hydrogen-bond donors (Lipinski definition) is 3. The number of rotatable bonds is 5. The van der Waals surface area contributed by atoms with Gasteiger partial charge in [-0.2, -0.15) is 0 Å². The van der Waals surface area contributed by atoms with Gasteiger partial charge in [-0.25, -0.2) is 4.79 Å². The van der Waals surface area contributed by atoms with E-state index in [0.29, 0.717) is 69.8 Å². The molecular formula is C51H77NO13. The van der Waals surface area contributed by atoms with E-state index < -0.39 is 101 Å². The third-order valence-corrected chi connectivity index (χ3v) is 15.5. The summed E-state index contributed by atoms with van der Waals surface area (Å²) in [6, 6.07) is 0. The minimum Gasteiger partial charge on any atom is -0.460 e. The normalized spacial score (nSPS) is 43.0. The second-order valence-electron chi connectivity index (χ2n) is 20.1. The number of hydrogen-bond acceptors (Lipinski definition) is 13. The molecule has 0 aromatic rings. The van der Waals surface area contributed by atoms with E-state index in [1.54, 1.807) is 48.0 Å². The molecule has 4 heterocycles. The van der Waals surface area contributed by atoms with E-state index in [1.165, 1.54) is 12.0 Å². The fraction of sp³-hybridized carbons (Fsp3) is 0.745. The van der Waals surface area contributed by atoms with Gasteiger partial charge in [-0.3, -0.25) is 19.2 Å². The maximum Gasteiger partial charge on any atom is 0.332 e. The average molecular weight is 912 g/mol. The first-order valence-corrected chi connectivity index (χ1v) is 23.9. The molecule has 65 heavy (non-hydrogen) atoms. The largest absolute Gasteiger partial charge is 0.460 e. The van der Waals surface area contributed by atoms with Crippen molar-refractivity contribution in [3.8, 4) is 0 Å². The van der Waals surface area contributed by atoms with Crippen molar-refractivity contribution in [3.05, 3.63) is 47.6 Å². The molecule has 1 saturated carbocycles. The Morgan fingerprint density at radius 3 is 2.25 bits per heavy atom. The van der Waals surface area contributed by atoms with Crippen molar-refractivity contribution in [3.63, 3.8) is 0 Å². The van der Waals surface area contributed by atoms with Gasteiger partial charge in [-0.05, 0) is 107 Å². The number of aliphatic hydroxyl groups excluding tert-OH is 2. The Hall–Kier alpha value is -3.37. The number of carbonyl (C=O) groups is 5. The van der Waals surface area contributed by atoms with Crippen LogP contribution < -0.4 is 0 Å². The molecule has 0 radical (unpaired) electrons. The molecule has 3 unspecified atom stereocenters. The number of Topliss-reactive ketones (excluding diaryl/α,β-unsaturated/α-hetero) is 3. The first kappa shape index (κ1) is 52.6. The lowest BCUT2D eigenvalue weighted by Gasteiger charge is -2.56. The van der Waals surface area contributed by atoms with Crippen molar-refractivity contribution < 1.29 is 63.0 Å². The van der Waals surface area contributed by atoms with E-state index in [2.05, 4.69) is 0 Å². The number of ether oxygens (including phenoxy) is 5. The van der Waals surface area contributed by atoms with Crippen LogP contribution >= 0.6 is 0 Å². The lowest BCUT2D eigenvalue weighted by atomic mass is 9.63. The number of carbonyl (C=O) groups excluding carboxylic acids is 5. The van der Waals surface area contributed by atoms with Crippen molar-refractivity contribution in [2.75, 3.05) is 27.9 Å². The Bertz CT molecular complexity index is 1840. The number of esters is 1. The Labute approximate surface area is 386 Å². The summed E-state index contributed by atoms with van der Waals surface area (Å²) in [5.41, 5.74) is -0.330. The minimum atomic E-state index is -2.45. The molecule has 5 rings (SSSR count). The molecule has 0 aromatic heterocycles. The molecule has 364 valence electrons. The maximum absolute atomic E-state index is 14.6. The van der Waals surface area contributed by atoms with Crippen molar-refractivity contribution in [2.24, 2.45) is 41.4 Å². The summed E-state index contributed by atoms with van der Waals surface area (Å²) in [6.45, 7) is 12.5.